The molecule has 1 aliphatic rings. The van der Waals surface area contributed by atoms with Gasteiger partial charge < -0.3 is 15.4 Å². The number of likely N-dealkylation sites (N-methyl/N-ethyl adjacent to an activating group) is 1. The van der Waals surface area contributed by atoms with Crippen LogP contribution in [0.4, 0.5) is 0 Å². The zero-order chi connectivity index (χ0) is 13.7. The van der Waals surface area contributed by atoms with E-state index in [1.165, 1.54) is 12.8 Å². The number of nitrogens with two attached hydrogens (primary N) is 1. The number of benzene rings is 1. The lowest BCUT2D eigenvalue weighted by Crippen LogP contribution is -2.37. The zero-order valence-corrected chi connectivity index (χ0v) is 11.4. The van der Waals surface area contributed by atoms with Crippen LogP contribution in [0.3, 0.4) is 0 Å². The molecule has 0 aliphatic heterocycles. The number of amides is 1. The van der Waals surface area contributed by atoms with Crippen molar-refractivity contribution in [1.29, 1.82) is 0 Å². The fourth-order valence-electron chi connectivity index (χ4n) is 1.89. The Morgan fingerprint density at radius 1 is 1.42 bits per heavy atom. The molecule has 1 fully saturated rings. The normalized spacial score (nSPS) is 16.1. The molecular weight excluding hydrogens is 240 g/mol. The molecule has 104 valence electrons. The number of hydrogen-bond acceptors (Lipinski definition) is 3. The summed E-state index contributed by atoms with van der Waals surface area (Å²) in [7, 11) is 1.77. The maximum absolute atomic E-state index is 12.1. The molecule has 0 aromatic heterocycles. The first-order valence-corrected chi connectivity index (χ1v) is 6.81. The Balaban J connectivity index is 1.74. The van der Waals surface area contributed by atoms with E-state index >= 15 is 0 Å². The van der Waals surface area contributed by atoms with E-state index in [2.05, 4.69) is 0 Å². The number of hydrogen-bond donors (Lipinski definition) is 1. The molecule has 1 saturated carbocycles. The molecule has 1 aromatic carbocycles. The number of ether oxygens (including phenoxy) is 1. The Labute approximate surface area is 114 Å². The Hall–Kier alpha value is -1.39. The quantitative estimate of drug-likeness (QED) is 0.759. The molecule has 0 bridgehead atoms. The average Bonchev–Trinajstić information content (AvgIpc) is 3.27. The lowest BCUT2D eigenvalue weighted by atomic mass is 10.1. The van der Waals surface area contributed by atoms with Gasteiger partial charge in [-0.1, -0.05) is 30.3 Å². The Kier molecular flexibility index (Phi) is 4.93. The molecule has 0 radical (unpaired) electrons. The standard InChI is InChI=1S/C15H22N2O2/c1-17(9-10-19-11-12-7-8-12)15(18)14(16)13-5-3-2-4-6-13/h2-6,12,14H,7-11,16H2,1H3. The Morgan fingerprint density at radius 3 is 2.74 bits per heavy atom. The highest BCUT2D eigenvalue weighted by atomic mass is 16.5. The van der Waals surface area contributed by atoms with Crippen molar-refractivity contribution in [3.05, 3.63) is 35.9 Å². The van der Waals surface area contributed by atoms with E-state index in [0.29, 0.717) is 13.2 Å². The molecule has 0 saturated heterocycles. The second-order valence-corrected chi connectivity index (χ2v) is 5.17. The largest absolute Gasteiger partial charge is 0.379 e. The van der Waals surface area contributed by atoms with Crippen LogP contribution >= 0.6 is 0 Å². The van der Waals surface area contributed by atoms with Crippen LogP contribution < -0.4 is 5.73 Å². The van der Waals surface area contributed by atoms with Crippen molar-refractivity contribution < 1.29 is 9.53 Å². The van der Waals surface area contributed by atoms with Gasteiger partial charge in [0, 0.05) is 20.2 Å². The molecule has 2 N–H and O–H groups in total. The first-order chi connectivity index (χ1) is 9.18. The van der Waals surface area contributed by atoms with Crippen molar-refractivity contribution in [3.63, 3.8) is 0 Å². The van der Waals surface area contributed by atoms with Gasteiger partial charge in [0.15, 0.2) is 0 Å². The molecule has 1 unspecified atom stereocenters. The van der Waals surface area contributed by atoms with Gasteiger partial charge in [-0.2, -0.15) is 0 Å². The number of carbonyl (C=O) groups excluding carboxylic acids is 1. The monoisotopic (exact) mass is 262 g/mol. The summed E-state index contributed by atoms with van der Waals surface area (Å²) < 4.78 is 5.53. The van der Waals surface area contributed by atoms with Crippen molar-refractivity contribution in [2.45, 2.75) is 18.9 Å². The van der Waals surface area contributed by atoms with Crippen LogP contribution in [-0.4, -0.2) is 37.6 Å². The molecule has 1 aliphatic carbocycles. The van der Waals surface area contributed by atoms with Crippen LogP contribution in [0, 0.1) is 5.92 Å². The number of carbonyl (C=O) groups is 1. The van der Waals surface area contributed by atoms with Crippen LogP contribution in [0.5, 0.6) is 0 Å². The highest BCUT2D eigenvalue weighted by molar-refractivity contribution is 5.82. The lowest BCUT2D eigenvalue weighted by Gasteiger charge is -2.21. The predicted octanol–water partition coefficient (Wildman–Crippen LogP) is 1.57. The molecule has 4 heteroatoms. The minimum absolute atomic E-state index is 0.0683. The summed E-state index contributed by atoms with van der Waals surface area (Å²) >= 11 is 0. The van der Waals surface area contributed by atoms with E-state index in [9.17, 15) is 4.79 Å². The van der Waals surface area contributed by atoms with Gasteiger partial charge in [-0.05, 0) is 24.3 Å². The van der Waals surface area contributed by atoms with Crippen molar-refractivity contribution in [2.75, 3.05) is 26.8 Å². The summed E-state index contributed by atoms with van der Waals surface area (Å²) in [6.45, 7) is 2.00. The highest BCUT2D eigenvalue weighted by Crippen LogP contribution is 2.28. The van der Waals surface area contributed by atoms with Gasteiger partial charge in [0.2, 0.25) is 5.91 Å². The third-order valence-electron chi connectivity index (χ3n) is 3.42. The third kappa shape index (κ3) is 4.33. The maximum atomic E-state index is 12.1. The average molecular weight is 262 g/mol. The topological polar surface area (TPSA) is 55.6 Å². The van der Waals surface area contributed by atoms with E-state index in [1.807, 2.05) is 30.3 Å². The molecule has 1 amide bonds. The molecule has 4 nitrogen and oxygen atoms in total. The van der Waals surface area contributed by atoms with E-state index in [0.717, 1.165) is 18.1 Å². The molecule has 0 heterocycles. The third-order valence-corrected chi connectivity index (χ3v) is 3.42. The van der Waals surface area contributed by atoms with Crippen LogP contribution in [0.1, 0.15) is 24.4 Å². The fraction of sp³-hybridized carbons (Fsp3) is 0.533. The predicted molar refractivity (Wildman–Crippen MR) is 74.6 cm³/mol. The van der Waals surface area contributed by atoms with Crippen LogP contribution in [0.25, 0.3) is 0 Å². The molecular formula is C15H22N2O2. The minimum atomic E-state index is -0.588. The van der Waals surface area contributed by atoms with E-state index in [4.69, 9.17) is 10.5 Å². The summed E-state index contributed by atoms with van der Waals surface area (Å²) in [5, 5.41) is 0. The Morgan fingerprint density at radius 2 is 2.11 bits per heavy atom. The van der Waals surface area contributed by atoms with Crippen LogP contribution in [-0.2, 0) is 9.53 Å². The van der Waals surface area contributed by atoms with Crippen molar-refractivity contribution in [1.82, 2.24) is 4.90 Å². The first kappa shape index (κ1) is 14.0. The summed E-state index contributed by atoms with van der Waals surface area (Å²) in [6.07, 6.45) is 2.57. The van der Waals surface area contributed by atoms with Gasteiger partial charge in [0.1, 0.15) is 6.04 Å². The second-order valence-electron chi connectivity index (χ2n) is 5.17. The molecule has 0 spiro atoms. The lowest BCUT2D eigenvalue weighted by molar-refractivity contribution is -0.132. The molecule has 1 aromatic rings. The van der Waals surface area contributed by atoms with Gasteiger partial charge in [0.05, 0.1) is 6.61 Å². The van der Waals surface area contributed by atoms with Gasteiger partial charge >= 0.3 is 0 Å². The summed E-state index contributed by atoms with van der Waals surface area (Å²) in [6, 6.07) is 8.85. The summed E-state index contributed by atoms with van der Waals surface area (Å²) in [5.41, 5.74) is 6.82. The van der Waals surface area contributed by atoms with Crippen molar-refractivity contribution in [3.8, 4) is 0 Å². The smallest absolute Gasteiger partial charge is 0.243 e. The van der Waals surface area contributed by atoms with Gasteiger partial charge in [0.25, 0.3) is 0 Å². The molecule has 1 atom stereocenters. The Bertz CT molecular complexity index is 404. The number of rotatable bonds is 7. The fourth-order valence-corrected chi connectivity index (χ4v) is 1.89. The summed E-state index contributed by atoms with van der Waals surface area (Å²) in [5.74, 6) is 0.689. The SMILES string of the molecule is CN(CCOCC1CC1)C(=O)C(N)c1ccccc1. The number of nitrogens with zero attached hydrogens (tertiary/aromatic N) is 1. The minimum Gasteiger partial charge on any atom is -0.379 e. The molecule has 19 heavy (non-hydrogen) atoms. The zero-order valence-electron chi connectivity index (χ0n) is 11.4. The summed E-state index contributed by atoms with van der Waals surface area (Å²) in [4.78, 5) is 13.8. The maximum Gasteiger partial charge on any atom is 0.243 e. The van der Waals surface area contributed by atoms with Crippen LogP contribution in [0.2, 0.25) is 0 Å². The van der Waals surface area contributed by atoms with Crippen molar-refractivity contribution in [2.24, 2.45) is 11.7 Å². The van der Waals surface area contributed by atoms with Crippen LogP contribution in [0.15, 0.2) is 30.3 Å². The second kappa shape index (κ2) is 6.68. The van der Waals surface area contributed by atoms with Gasteiger partial charge in [-0.25, -0.2) is 0 Å². The van der Waals surface area contributed by atoms with E-state index < -0.39 is 6.04 Å². The first-order valence-electron chi connectivity index (χ1n) is 6.81. The van der Waals surface area contributed by atoms with Gasteiger partial charge in [-0.3, -0.25) is 4.79 Å². The van der Waals surface area contributed by atoms with Gasteiger partial charge in [-0.15, -0.1) is 0 Å². The van der Waals surface area contributed by atoms with E-state index in [-0.39, 0.29) is 5.91 Å². The van der Waals surface area contributed by atoms with E-state index in [1.54, 1.807) is 11.9 Å². The van der Waals surface area contributed by atoms with Crippen molar-refractivity contribution >= 4 is 5.91 Å². The highest BCUT2D eigenvalue weighted by Gasteiger charge is 2.22. The molecule has 2 rings (SSSR count).